The van der Waals surface area contributed by atoms with E-state index in [1.807, 2.05) is 0 Å². The second-order valence-electron chi connectivity index (χ2n) is 4.21. The molecule has 0 aromatic carbocycles. The summed E-state index contributed by atoms with van der Waals surface area (Å²) >= 11 is 0. The molecule has 0 bridgehead atoms. The largest absolute Gasteiger partial charge is 0.395 e. The van der Waals surface area contributed by atoms with Gasteiger partial charge in [-0.3, -0.25) is 0 Å². The summed E-state index contributed by atoms with van der Waals surface area (Å²) in [4.78, 5) is 0. The molecule has 0 rings (SSSR count). The van der Waals surface area contributed by atoms with Gasteiger partial charge in [-0.05, 0) is 25.9 Å². The number of sulfone groups is 2. The van der Waals surface area contributed by atoms with Gasteiger partial charge in [-0.1, -0.05) is 0 Å². The van der Waals surface area contributed by atoms with Crippen molar-refractivity contribution in [1.29, 1.82) is 0 Å². The summed E-state index contributed by atoms with van der Waals surface area (Å²) in [5, 5.41) is 20.0. The fourth-order valence-electron chi connectivity index (χ4n) is 1.44. The minimum Gasteiger partial charge on any atom is -0.395 e. The standard InChI is InChI=1S/C10H23NO6S2/c12-5-9-18(14,15)7-1-3-11-4-2-8-19(16,17)10-6-13/h11-13H,1-10H2. The molecule has 0 saturated heterocycles. The Labute approximate surface area is 114 Å². The molecule has 0 fully saturated rings. The molecule has 0 radical (unpaired) electrons. The van der Waals surface area contributed by atoms with E-state index in [1.54, 1.807) is 0 Å². The van der Waals surface area contributed by atoms with Crippen LogP contribution in [0.5, 0.6) is 0 Å². The van der Waals surface area contributed by atoms with Crippen LogP contribution >= 0.6 is 0 Å². The van der Waals surface area contributed by atoms with Gasteiger partial charge >= 0.3 is 0 Å². The van der Waals surface area contributed by atoms with E-state index in [-0.39, 0.29) is 36.2 Å². The smallest absolute Gasteiger partial charge is 0.152 e. The first-order valence-corrected chi connectivity index (χ1v) is 9.80. The van der Waals surface area contributed by atoms with Gasteiger partial charge < -0.3 is 15.5 Å². The van der Waals surface area contributed by atoms with Crippen molar-refractivity contribution in [3.05, 3.63) is 0 Å². The van der Waals surface area contributed by atoms with Gasteiger partial charge in [-0.25, -0.2) is 16.8 Å². The van der Waals surface area contributed by atoms with Crippen molar-refractivity contribution >= 4 is 19.7 Å². The van der Waals surface area contributed by atoms with E-state index < -0.39 is 19.7 Å². The van der Waals surface area contributed by atoms with Crippen LogP contribution in [0.4, 0.5) is 0 Å². The molecule has 0 aromatic heterocycles. The molecule has 0 heterocycles. The molecule has 0 saturated carbocycles. The van der Waals surface area contributed by atoms with E-state index >= 15 is 0 Å². The van der Waals surface area contributed by atoms with Crippen LogP contribution in [0.1, 0.15) is 12.8 Å². The molecule has 0 atom stereocenters. The first-order chi connectivity index (χ1) is 8.83. The van der Waals surface area contributed by atoms with E-state index in [0.717, 1.165) is 0 Å². The predicted octanol–water partition coefficient (Wildman–Crippen LogP) is -1.83. The van der Waals surface area contributed by atoms with Gasteiger partial charge in [0, 0.05) is 0 Å². The van der Waals surface area contributed by atoms with Crippen molar-refractivity contribution in [3.63, 3.8) is 0 Å². The Morgan fingerprint density at radius 3 is 1.37 bits per heavy atom. The summed E-state index contributed by atoms with van der Waals surface area (Å²) in [6.45, 7) is 0.256. The molecule has 19 heavy (non-hydrogen) atoms. The first kappa shape index (κ1) is 18.8. The lowest BCUT2D eigenvalue weighted by molar-refractivity contribution is 0.319. The molecular weight excluding hydrogens is 294 g/mol. The highest BCUT2D eigenvalue weighted by Crippen LogP contribution is 1.94. The second kappa shape index (κ2) is 9.65. The Kier molecular flexibility index (Phi) is 9.54. The summed E-state index contributed by atoms with van der Waals surface area (Å²) in [6.07, 6.45) is 0.872. The molecule has 0 aromatic rings. The average molecular weight is 317 g/mol. The Balaban J connectivity index is 3.57. The van der Waals surface area contributed by atoms with E-state index in [2.05, 4.69) is 5.32 Å². The maximum atomic E-state index is 11.2. The molecule has 0 unspecified atom stereocenters. The predicted molar refractivity (Wildman–Crippen MR) is 73.6 cm³/mol. The van der Waals surface area contributed by atoms with Crippen molar-refractivity contribution in [2.75, 3.05) is 49.3 Å². The molecule has 0 aliphatic heterocycles. The Bertz CT molecular complexity index is 377. The quantitative estimate of drug-likeness (QED) is 0.362. The summed E-state index contributed by atoms with van der Waals surface area (Å²) in [5.74, 6) is -0.397. The topological polar surface area (TPSA) is 121 Å². The third-order valence-corrected chi connectivity index (χ3v) is 5.85. The zero-order valence-corrected chi connectivity index (χ0v) is 12.5. The molecule has 0 aliphatic rings. The molecule has 9 heteroatoms. The van der Waals surface area contributed by atoms with Gasteiger partial charge in [0.15, 0.2) is 19.7 Å². The maximum Gasteiger partial charge on any atom is 0.152 e. The lowest BCUT2D eigenvalue weighted by Crippen LogP contribution is -2.23. The number of aliphatic hydroxyl groups excluding tert-OH is 2. The third-order valence-electron chi connectivity index (χ3n) is 2.42. The second-order valence-corrected chi connectivity index (χ2v) is 8.82. The fourth-order valence-corrected chi connectivity index (χ4v) is 3.57. The fraction of sp³-hybridized carbons (Fsp3) is 1.00. The van der Waals surface area contributed by atoms with Gasteiger partial charge in [0.1, 0.15) is 0 Å². The van der Waals surface area contributed by atoms with Crippen LogP contribution in [-0.2, 0) is 19.7 Å². The van der Waals surface area contributed by atoms with Crippen molar-refractivity contribution < 1.29 is 27.0 Å². The molecule has 116 valence electrons. The van der Waals surface area contributed by atoms with Gasteiger partial charge in [0.25, 0.3) is 0 Å². The summed E-state index contributed by atoms with van der Waals surface area (Å²) in [6, 6.07) is 0. The third kappa shape index (κ3) is 11.3. The molecule has 7 nitrogen and oxygen atoms in total. The minimum absolute atomic E-state index is 0.0172. The van der Waals surface area contributed by atoms with E-state index in [4.69, 9.17) is 10.2 Å². The zero-order chi connectivity index (χ0) is 14.8. The van der Waals surface area contributed by atoms with Crippen LogP contribution in [-0.4, -0.2) is 76.4 Å². The van der Waals surface area contributed by atoms with Gasteiger partial charge in [0.2, 0.25) is 0 Å². The lowest BCUT2D eigenvalue weighted by atomic mass is 10.4. The molecule has 0 spiro atoms. The average Bonchev–Trinajstić information content (AvgIpc) is 2.27. The van der Waals surface area contributed by atoms with Crippen molar-refractivity contribution in [2.45, 2.75) is 12.8 Å². The van der Waals surface area contributed by atoms with Crippen LogP contribution in [0.2, 0.25) is 0 Å². The Hall–Kier alpha value is -0.220. The van der Waals surface area contributed by atoms with E-state index in [0.29, 0.717) is 25.9 Å². The molecule has 3 N–H and O–H groups in total. The highest BCUT2D eigenvalue weighted by molar-refractivity contribution is 7.91. The molecular formula is C10H23NO6S2. The van der Waals surface area contributed by atoms with Gasteiger partial charge in [-0.15, -0.1) is 0 Å². The van der Waals surface area contributed by atoms with Crippen LogP contribution < -0.4 is 5.32 Å². The number of nitrogens with one attached hydrogen (secondary N) is 1. The van der Waals surface area contributed by atoms with Crippen LogP contribution in [0, 0.1) is 0 Å². The summed E-state index contributed by atoms with van der Waals surface area (Å²) in [5.41, 5.74) is 0. The van der Waals surface area contributed by atoms with Crippen molar-refractivity contribution in [2.24, 2.45) is 0 Å². The minimum atomic E-state index is -3.17. The van der Waals surface area contributed by atoms with Crippen molar-refractivity contribution in [1.82, 2.24) is 5.32 Å². The zero-order valence-electron chi connectivity index (χ0n) is 10.9. The number of hydrogen-bond donors (Lipinski definition) is 3. The van der Waals surface area contributed by atoms with Gasteiger partial charge in [-0.2, -0.15) is 0 Å². The Morgan fingerprint density at radius 1 is 0.684 bits per heavy atom. The van der Waals surface area contributed by atoms with E-state index in [1.165, 1.54) is 0 Å². The highest BCUT2D eigenvalue weighted by Gasteiger charge is 2.10. The normalized spacial score (nSPS) is 12.7. The van der Waals surface area contributed by atoms with Crippen LogP contribution in [0.3, 0.4) is 0 Å². The summed E-state index contributed by atoms with van der Waals surface area (Å²) in [7, 11) is -6.34. The lowest BCUT2D eigenvalue weighted by Gasteiger charge is -2.05. The molecule has 0 amide bonds. The van der Waals surface area contributed by atoms with Crippen LogP contribution in [0.25, 0.3) is 0 Å². The van der Waals surface area contributed by atoms with Crippen molar-refractivity contribution in [3.8, 4) is 0 Å². The summed E-state index contributed by atoms with van der Waals surface area (Å²) < 4.78 is 44.9. The van der Waals surface area contributed by atoms with Gasteiger partial charge in [0.05, 0.1) is 36.2 Å². The highest BCUT2D eigenvalue weighted by atomic mass is 32.2. The number of hydrogen-bond acceptors (Lipinski definition) is 7. The SMILES string of the molecule is O=S(=O)(CCO)CCCNCCCS(=O)(=O)CCO. The number of aliphatic hydroxyl groups is 2. The maximum absolute atomic E-state index is 11.2. The van der Waals surface area contributed by atoms with Crippen LogP contribution in [0.15, 0.2) is 0 Å². The monoisotopic (exact) mass is 317 g/mol. The number of rotatable bonds is 12. The first-order valence-electron chi connectivity index (χ1n) is 6.16. The Morgan fingerprint density at radius 2 is 1.05 bits per heavy atom. The van der Waals surface area contributed by atoms with E-state index in [9.17, 15) is 16.8 Å². The molecule has 0 aliphatic carbocycles.